The van der Waals surface area contributed by atoms with Gasteiger partial charge in [-0.25, -0.2) is 0 Å². The molecule has 2 heterocycles. The number of ether oxygens (including phenoxy) is 1. The third-order valence-corrected chi connectivity index (χ3v) is 4.23. The molecule has 2 amide bonds. The van der Waals surface area contributed by atoms with Crippen LogP contribution in [0.1, 0.15) is 6.42 Å². The minimum atomic E-state index is -0.385. The summed E-state index contributed by atoms with van der Waals surface area (Å²) >= 11 is 1.35. The predicted molar refractivity (Wildman–Crippen MR) is 71.9 cm³/mol. The van der Waals surface area contributed by atoms with Crippen LogP contribution in [0.25, 0.3) is 0 Å². The summed E-state index contributed by atoms with van der Waals surface area (Å²) in [4.78, 5) is 27.1. The van der Waals surface area contributed by atoms with Crippen molar-refractivity contribution >= 4 is 23.6 Å². The lowest BCUT2D eigenvalue weighted by Crippen LogP contribution is -2.41. The summed E-state index contributed by atoms with van der Waals surface area (Å²) in [5.74, 6) is 0.726. The molecule has 2 aliphatic heterocycles. The van der Waals surface area contributed by atoms with Crippen LogP contribution in [0, 0.1) is 0 Å². The highest BCUT2D eigenvalue weighted by Crippen LogP contribution is 2.12. The van der Waals surface area contributed by atoms with E-state index >= 15 is 0 Å². The van der Waals surface area contributed by atoms with Gasteiger partial charge < -0.3 is 19.6 Å². The molecule has 0 aromatic rings. The molecule has 2 saturated heterocycles. The molecule has 0 aliphatic carbocycles. The van der Waals surface area contributed by atoms with Crippen molar-refractivity contribution < 1.29 is 19.4 Å². The van der Waals surface area contributed by atoms with Gasteiger partial charge in [-0.2, -0.15) is 0 Å². The van der Waals surface area contributed by atoms with Crippen LogP contribution in [0.3, 0.4) is 0 Å². The first-order chi connectivity index (χ1) is 9.16. The topological polar surface area (TPSA) is 70.1 Å². The monoisotopic (exact) mass is 288 g/mol. The maximum absolute atomic E-state index is 11.8. The molecule has 2 aliphatic rings. The molecule has 0 radical (unpaired) electrons. The van der Waals surface area contributed by atoms with Crippen molar-refractivity contribution in [2.45, 2.75) is 12.5 Å². The van der Waals surface area contributed by atoms with Crippen molar-refractivity contribution in [2.75, 3.05) is 50.9 Å². The van der Waals surface area contributed by atoms with Gasteiger partial charge >= 0.3 is 0 Å². The molecule has 1 unspecified atom stereocenters. The van der Waals surface area contributed by atoms with Gasteiger partial charge in [-0.3, -0.25) is 9.59 Å². The second-order valence-electron chi connectivity index (χ2n) is 4.77. The van der Waals surface area contributed by atoms with Crippen LogP contribution in [-0.4, -0.2) is 83.7 Å². The predicted octanol–water partition coefficient (Wildman–Crippen LogP) is -0.828. The van der Waals surface area contributed by atoms with Gasteiger partial charge in [0.25, 0.3) is 0 Å². The largest absolute Gasteiger partial charge is 0.391 e. The Morgan fingerprint density at radius 1 is 1.11 bits per heavy atom. The molecule has 1 atom stereocenters. The summed E-state index contributed by atoms with van der Waals surface area (Å²) in [5.41, 5.74) is 0. The molecule has 0 aromatic carbocycles. The SMILES string of the molecule is O=C(CSCC(=O)N1CCC(O)C1)N1CCOCC1. The number of hydrogen-bond donors (Lipinski definition) is 1. The molecular weight excluding hydrogens is 268 g/mol. The third-order valence-electron chi connectivity index (χ3n) is 3.33. The van der Waals surface area contributed by atoms with E-state index in [1.54, 1.807) is 9.80 Å². The number of hydrogen-bond acceptors (Lipinski definition) is 5. The average molecular weight is 288 g/mol. The lowest BCUT2D eigenvalue weighted by atomic mass is 10.3. The van der Waals surface area contributed by atoms with Gasteiger partial charge in [-0.1, -0.05) is 0 Å². The van der Waals surface area contributed by atoms with E-state index in [1.807, 2.05) is 0 Å². The Hall–Kier alpha value is -0.790. The zero-order valence-electron chi connectivity index (χ0n) is 10.9. The zero-order chi connectivity index (χ0) is 13.7. The number of likely N-dealkylation sites (tertiary alicyclic amines) is 1. The molecule has 0 saturated carbocycles. The molecular formula is C12H20N2O4S. The van der Waals surface area contributed by atoms with Crippen LogP contribution in [-0.2, 0) is 14.3 Å². The van der Waals surface area contributed by atoms with Crippen molar-refractivity contribution in [1.29, 1.82) is 0 Å². The van der Waals surface area contributed by atoms with Crippen LogP contribution in [0.2, 0.25) is 0 Å². The van der Waals surface area contributed by atoms with Gasteiger partial charge in [0.15, 0.2) is 0 Å². The standard InChI is InChI=1S/C12H20N2O4S/c15-10-1-2-14(7-10)12(17)9-19-8-11(16)13-3-5-18-6-4-13/h10,15H,1-9H2. The van der Waals surface area contributed by atoms with Crippen LogP contribution >= 0.6 is 11.8 Å². The second-order valence-corrected chi connectivity index (χ2v) is 5.75. The highest BCUT2D eigenvalue weighted by atomic mass is 32.2. The summed E-state index contributed by atoms with van der Waals surface area (Å²) in [6.07, 6.45) is 0.271. The Morgan fingerprint density at radius 3 is 2.32 bits per heavy atom. The Morgan fingerprint density at radius 2 is 1.74 bits per heavy atom. The molecule has 1 N–H and O–H groups in total. The quantitative estimate of drug-likeness (QED) is 0.731. The normalized spacial score (nSPS) is 23.7. The highest BCUT2D eigenvalue weighted by Gasteiger charge is 2.24. The van der Waals surface area contributed by atoms with Gasteiger partial charge in [0.2, 0.25) is 11.8 Å². The molecule has 0 bridgehead atoms. The number of aliphatic hydroxyl groups is 1. The van der Waals surface area contributed by atoms with Crippen molar-refractivity contribution in [3.8, 4) is 0 Å². The average Bonchev–Trinajstić information content (AvgIpc) is 2.86. The van der Waals surface area contributed by atoms with Gasteiger partial charge in [0.05, 0.1) is 30.8 Å². The van der Waals surface area contributed by atoms with Crippen molar-refractivity contribution in [3.05, 3.63) is 0 Å². The third kappa shape index (κ3) is 4.36. The number of aliphatic hydroxyl groups excluding tert-OH is 1. The number of β-amino-alcohol motifs (C(OH)–C–C–N with tert-alkyl or cyclic N) is 1. The molecule has 19 heavy (non-hydrogen) atoms. The summed E-state index contributed by atoms with van der Waals surface area (Å²) in [5, 5.41) is 9.36. The number of carbonyl (C=O) groups is 2. The minimum Gasteiger partial charge on any atom is -0.391 e. The number of rotatable bonds is 4. The van der Waals surface area contributed by atoms with Crippen molar-refractivity contribution in [3.63, 3.8) is 0 Å². The Kier molecular flexibility index (Phi) is 5.47. The Labute approximate surface area is 117 Å². The fraction of sp³-hybridized carbons (Fsp3) is 0.833. The molecule has 0 spiro atoms. The van der Waals surface area contributed by atoms with Gasteiger partial charge in [-0.15, -0.1) is 11.8 Å². The van der Waals surface area contributed by atoms with Crippen LogP contribution in [0.5, 0.6) is 0 Å². The van der Waals surface area contributed by atoms with E-state index in [1.165, 1.54) is 11.8 Å². The maximum Gasteiger partial charge on any atom is 0.232 e. The summed E-state index contributed by atoms with van der Waals surface area (Å²) in [6.45, 7) is 3.54. The van der Waals surface area contributed by atoms with E-state index in [2.05, 4.69) is 0 Å². The fourth-order valence-corrected chi connectivity index (χ4v) is 3.01. The summed E-state index contributed by atoms with van der Waals surface area (Å²) in [7, 11) is 0. The Balaban J connectivity index is 1.62. The van der Waals surface area contributed by atoms with E-state index in [-0.39, 0.29) is 17.9 Å². The number of nitrogens with zero attached hydrogens (tertiary/aromatic N) is 2. The van der Waals surface area contributed by atoms with Gasteiger partial charge in [0, 0.05) is 26.2 Å². The molecule has 6 nitrogen and oxygen atoms in total. The van der Waals surface area contributed by atoms with E-state index in [0.717, 1.165) is 0 Å². The Bertz CT molecular complexity index is 317. The number of thioether (sulfide) groups is 1. The number of morpholine rings is 1. The molecule has 108 valence electrons. The lowest BCUT2D eigenvalue weighted by Gasteiger charge is -2.26. The minimum absolute atomic E-state index is 0.0105. The van der Waals surface area contributed by atoms with Gasteiger partial charge in [0.1, 0.15) is 0 Å². The maximum atomic E-state index is 11.8. The van der Waals surface area contributed by atoms with Gasteiger partial charge in [-0.05, 0) is 6.42 Å². The zero-order valence-corrected chi connectivity index (χ0v) is 11.7. The number of amides is 2. The van der Waals surface area contributed by atoms with Crippen LogP contribution in [0.15, 0.2) is 0 Å². The van der Waals surface area contributed by atoms with E-state index in [9.17, 15) is 14.7 Å². The van der Waals surface area contributed by atoms with E-state index in [4.69, 9.17) is 4.74 Å². The van der Waals surface area contributed by atoms with Crippen molar-refractivity contribution in [1.82, 2.24) is 9.80 Å². The molecule has 0 aromatic heterocycles. The van der Waals surface area contributed by atoms with E-state index in [0.29, 0.717) is 57.3 Å². The first kappa shape index (κ1) is 14.6. The van der Waals surface area contributed by atoms with Crippen LogP contribution < -0.4 is 0 Å². The molecule has 7 heteroatoms. The highest BCUT2D eigenvalue weighted by molar-refractivity contribution is 8.00. The number of carbonyl (C=O) groups excluding carboxylic acids is 2. The summed E-state index contributed by atoms with van der Waals surface area (Å²) in [6, 6.07) is 0. The molecule has 2 rings (SSSR count). The smallest absolute Gasteiger partial charge is 0.232 e. The fourth-order valence-electron chi connectivity index (χ4n) is 2.19. The summed E-state index contributed by atoms with van der Waals surface area (Å²) < 4.78 is 5.18. The first-order valence-electron chi connectivity index (χ1n) is 6.56. The second kappa shape index (κ2) is 7.12. The van der Waals surface area contributed by atoms with E-state index < -0.39 is 0 Å². The molecule has 2 fully saturated rings. The van der Waals surface area contributed by atoms with Crippen molar-refractivity contribution in [2.24, 2.45) is 0 Å². The van der Waals surface area contributed by atoms with Crippen LogP contribution in [0.4, 0.5) is 0 Å². The first-order valence-corrected chi connectivity index (χ1v) is 7.71. The lowest BCUT2D eigenvalue weighted by molar-refractivity contribution is -0.132.